The Bertz CT molecular complexity index is 232. The molecular weight excluding hydrogens is 140 g/mol. The lowest BCUT2D eigenvalue weighted by molar-refractivity contribution is 0.173. The van der Waals surface area contributed by atoms with E-state index in [0.29, 0.717) is 0 Å². The molecular formula is C8H12N2O. The Kier molecular flexibility index (Phi) is 1.53. The largest absolute Gasteiger partial charge is 0.366 e. The number of hydrogen-bond donors (Lipinski definition) is 0. The Labute approximate surface area is 66.2 Å². The van der Waals surface area contributed by atoms with Gasteiger partial charge in [0, 0.05) is 12.1 Å². The van der Waals surface area contributed by atoms with Crippen LogP contribution in [0, 0.1) is 0 Å². The molecule has 2 aliphatic heterocycles. The van der Waals surface area contributed by atoms with Crippen molar-refractivity contribution in [2.24, 2.45) is 9.98 Å². The van der Waals surface area contributed by atoms with Crippen LogP contribution in [0.4, 0.5) is 0 Å². The normalized spacial score (nSPS) is 36.2. The van der Waals surface area contributed by atoms with Crippen LogP contribution in [-0.2, 0) is 4.74 Å². The summed E-state index contributed by atoms with van der Waals surface area (Å²) in [4.78, 5) is 8.73. The summed E-state index contributed by atoms with van der Waals surface area (Å²) in [6, 6.07) is 0. The van der Waals surface area contributed by atoms with Crippen molar-refractivity contribution < 1.29 is 4.74 Å². The zero-order valence-electron chi connectivity index (χ0n) is 6.87. The first-order valence-corrected chi connectivity index (χ1v) is 4.00. The van der Waals surface area contributed by atoms with Crippen LogP contribution in [0.3, 0.4) is 0 Å². The molecule has 2 heterocycles. The Morgan fingerprint density at radius 2 is 2.27 bits per heavy atom. The van der Waals surface area contributed by atoms with Crippen molar-refractivity contribution in [1.82, 2.24) is 0 Å². The number of aliphatic imine (C=N–C) groups is 2. The molecule has 1 fully saturated rings. The van der Waals surface area contributed by atoms with E-state index in [4.69, 9.17) is 4.74 Å². The molecule has 0 amide bonds. The average Bonchev–Trinajstić information content (AvgIpc) is 2.34. The predicted molar refractivity (Wildman–Crippen MR) is 44.4 cm³/mol. The van der Waals surface area contributed by atoms with Gasteiger partial charge in [0.1, 0.15) is 12.3 Å². The van der Waals surface area contributed by atoms with Gasteiger partial charge >= 0.3 is 0 Å². The van der Waals surface area contributed by atoms with Crippen molar-refractivity contribution in [2.45, 2.75) is 32.5 Å². The second-order valence-electron chi connectivity index (χ2n) is 3.02. The summed E-state index contributed by atoms with van der Waals surface area (Å²) in [6.45, 7) is 4.83. The molecule has 2 unspecified atom stereocenters. The van der Waals surface area contributed by atoms with Crippen molar-refractivity contribution in [2.75, 3.05) is 6.61 Å². The molecule has 2 atom stereocenters. The van der Waals surface area contributed by atoms with Crippen LogP contribution >= 0.6 is 0 Å². The van der Waals surface area contributed by atoms with Crippen LogP contribution in [0.25, 0.3) is 0 Å². The zero-order chi connectivity index (χ0) is 7.84. The van der Waals surface area contributed by atoms with Gasteiger partial charge in [0.25, 0.3) is 0 Å². The maximum absolute atomic E-state index is 5.46. The molecule has 0 saturated carbocycles. The van der Waals surface area contributed by atoms with E-state index in [1.807, 2.05) is 13.8 Å². The molecule has 0 spiro atoms. The van der Waals surface area contributed by atoms with Crippen molar-refractivity contribution in [3.05, 3.63) is 0 Å². The van der Waals surface area contributed by atoms with Gasteiger partial charge in [-0.1, -0.05) is 0 Å². The molecule has 2 aliphatic rings. The topological polar surface area (TPSA) is 34.0 Å². The number of ether oxygens (including phenoxy) is 1. The van der Waals surface area contributed by atoms with Gasteiger partial charge in [-0.05, 0) is 13.8 Å². The summed E-state index contributed by atoms with van der Waals surface area (Å²) >= 11 is 0. The third-order valence-corrected chi connectivity index (χ3v) is 2.07. The number of rotatable bonds is 0. The van der Waals surface area contributed by atoms with E-state index in [0.717, 1.165) is 18.7 Å². The third kappa shape index (κ3) is 1.09. The molecule has 0 aromatic rings. The van der Waals surface area contributed by atoms with Crippen LogP contribution in [0.15, 0.2) is 9.98 Å². The van der Waals surface area contributed by atoms with Gasteiger partial charge in [0.2, 0.25) is 0 Å². The summed E-state index contributed by atoms with van der Waals surface area (Å²) in [5.74, 6) is 0. The molecule has 0 aromatic heterocycles. The summed E-state index contributed by atoms with van der Waals surface area (Å²) in [5.41, 5.74) is 2.27. The van der Waals surface area contributed by atoms with Crippen molar-refractivity contribution in [3.8, 4) is 0 Å². The Hall–Kier alpha value is -0.700. The molecule has 11 heavy (non-hydrogen) atoms. The molecule has 60 valence electrons. The molecule has 0 N–H and O–H groups in total. The average molecular weight is 152 g/mol. The van der Waals surface area contributed by atoms with E-state index in [9.17, 15) is 0 Å². The van der Waals surface area contributed by atoms with E-state index in [2.05, 4.69) is 9.98 Å². The highest BCUT2D eigenvalue weighted by Gasteiger charge is 2.29. The first-order valence-electron chi connectivity index (χ1n) is 4.00. The molecule has 3 heteroatoms. The fraction of sp³-hybridized carbons (Fsp3) is 0.750. The standard InChI is InChI=1S/C8H12N2O/c1-5-8-7(3-4-11-8)10-6(2)9-5/h6,8H,3-4H2,1-2H3. The minimum absolute atomic E-state index is 0.114. The van der Waals surface area contributed by atoms with Gasteiger partial charge < -0.3 is 4.74 Å². The van der Waals surface area contributed by atoms with Gasteiger partial charge in [-0.3, -0.25) is 9.98 Å². The Balaban J connectivity index is 2.29. The molecule has 0 aromatic carbocycles. The van der Waals surface area contributed by atoms with E-state index >= 15 is 0 Å². The first kappa shape index (κ1) is 6.98. The van der Waals surface area contributed by atoms with Crippen LogP contribution in [0.5, 0.6) is 0 Å². The van der Waals surface area contributed by atoms with E-state index < -0.39 is 0 Å². The van der Waals surface area contributed by atoms with Gasteiger partial charge in [0.05, 0.1) is 12.3 Å². The highest BCUT2D eigenvalue weighted by atomic mass is 16.5. The second kappa shape index (κ2) is 2.41. The minimum Gasteiger partial charge on any atom is -0.366 e. The smallest absolute Gasteiger partial charge is 0.136 e. The third-order valence-electron chi connectivity index (χ3n) is 2.07. The van der Waals surface area contributed by atoms with Crippen molar-refractivity contribution in [1.29, 1.82) is 0 Å². The SMILES string of the molecule is CC1=NC(C)N=C2CCOC12. The number of fused-ring (bicyclic) bond motifs is 1. The lowest BCUT2D eigenvalue weighted by atomic mass is 10.1. The van der Waals surface area contributed by atoms with Crippen LogP contribution < -0.4 is 0 Å². The van der Waals surface area contributed by atoms with E-state index in [1.54, 1.807) is 0 Å². The Morgan fingerprint density at radius 3 is 3.09 bits per heavy atom. The molecule has 1 saturated heterocycles. The highest BCUT2D eigenvalue weighted by molar-refractivity contribution is 6.11. The molecule has 0 bridgehead atoms. The monoisotopic (exact) mass is 152 g/mol. The fourth-order valence-electron chi connectivity index (χ4n) is 1.63. The summed E-state index contributed by atoms with van der Waals surface area (Å²) in [5, 5.41) is 0. The molecule has 3 nitrogen and oxygen atoms in total. The lowest BCUT2D eigenvalue weighted by Crippen LogP contribution is -2.30. The van der Waals surface area contributed by atoms with Gasteiger partial charge in [0.15, 0.2) is 0 Å². The van der Waals surface area contributed by atoms with Crippen LogP contribution in [-0.4, -0.2) is 30.3 Å². The van der Waals surface area contributed by atoms with Gasteiger partial charge in [-0.25, -0.2) is 0 Å². The van der Waals surface area contributed by atoms with Crippen LogP contribution in [0.2, 0.25) is 0 Å². The second-order valence-corrected chi connectivity index (χ2v) is 3.02. The van der Waals surface area contributed by atoms with Crippen LogP contribution in [0.1, 0.15) is 20.3 Å². The molecule has 2 rings (SSSR count). The lowest BCUT2D eigenvalue weighted by Gasteiger charge is -2.17. The summed E-state index contributed by atoms with van der Waals surface area (Å²) < 4.78 is 5.46. The summed E-state index contributed by atoms with van der Waals surface area (Å²) in [6.07, 6.45) is 1.22. The van der Waals surface area contributed by atoms with Gasteiger partial charge in [-0.15, -0.1) is 0 Å². The molecule has 0 aliphatic carbocycles. The number of hydrogen-bond acceptors (Lipinski definition) is 3. The van der Waals surface area contributed by atoms with Gasteiger partial charge in [-0.2, -0.15) is 0 Å². The quantitative estimate of drug-likeness (QED) is 0.510. The minimum atomic E-state index is 0.114. The fourth-order valence-corrected chi connectivity index (χ4v) is 1.63. The zero-order valence-corrected chi connectivity index (χ0v) is 6.87. The maximum atomic E-state index is 5.46. The van der Waals surface area contributed by atoms with E-state index in [1.165, 1.54) is 5.71 Å². The highest BCUT2D eigenvalue weighted by Crippen LogP contribution is 2.17. The summed E-state index contributed by atoms with van der Waals surface area (Å²) in [7, 11) is 0. The van der Waals surface area contributed by atoms with Crippen molar-refractivity contribution in [3.63, 3.8) is 0 Å². The predicted octanol–water partition coefficient (Wildman–Crippen LogP) is 1.04. The van der Waals surface area contributed by atoms with Crippen molar-refractivity contribution >= 4 is 11.4 Å². The Morgan fingerprint density at radius 1 is 1.45 bits per heavy atom. The molecule has 0 radical (unpaired) electrons. The first-order chi connectivity index (χ1) is 5.27. The number of nitrogens with zero attached hydrogens (tertiary/aromatic N) is 2. The van der Waals surface area contributed by atoms with E-state index in [-0.39, 0.29) is 12.3 Å². The maximum Gasteiger partial charge on any atom is 0.136 e.